The highest BCUT2D eigenvalue weighted by Crippen LogP contribution is 2.36. The van der Waals surface area contributed by atoms with Crippen LogP contribution in [0.4, 0.5) is 14.7 Å². The number of imidazole rings is 1. The highest BCUT2D eigenvalue weighted by atomic mass is 32.2. The normalized spacial score (nSPS) is 11.7. The maximum Gasteiger partial charge on any atom is 0.272 e. The molecule has 0 saturated heterocycles. The van der Waals surface area contributed by atoms with Crippen LogP contribution >= 0.6 is 0 Å². The SMILES string of the molecule is COc1nc(NS(=O)(=O)c2c[nH]c3c(-c4nccn4C)cccc23)nc(OC)c1OCC(F)F. The highest BCUT2D eigenvalue weighted by molar-refractivity contribution is 7.93. The van der Waals surface area contributed by atoms with Crippen molar-refractivity contribution in [3.63, 3.8) is 0 Å². The number of nitrogens with zero attached hydrogens (tertiary/aromatic N) is 4. The molecule has 3 heterocycles. The zero-order valence-electron chi connectivity index (χ0n) is 18.2. The molecule has 4 aromatic rings. The zero-order valence-corrected chi connectivity index (χ0v) is 19.1. The van der Waals surface area contributed by atoms with E-state index in [1.807, 2.05) is 17.7 Å². The maximum atomic E-state index is 13.2. The van der Waals surface area contributed by atoms with E-state index in [0.29, 0.717) is 22.3 Å². The number of hydrogen-bond donors (Lipinski definition) is 2. The second-order valence-electron chi connectivity index (χ2n) is 6.95. The Morgan fingerprint density at radius 3 is 2.47 bits per heavy atom. The first-order chi connectivity index (χ1) is 16.2. The first-order valence-corrected chi connectivity index (χ1v) is 11.2. The number of alkyl halides is 2. The number of halogens is 2. The Morgan fingerprint density at radius 2 is 1.88 bits per heavy atom. The van der Waals surface area contributed by atoms with Gasteiger partial charge in [-0.25, -0.2) is 26.9 Å². The second kappa shape index (κ2) is 9.13. The van der Waals surface area contributed by atoms with Gasteiger partial charge in [0.1, 0.15) is 17.3 Å². The number of fused-ring (bicyclic) bond motifs is 1. The average Bonchev–Trinajstić information content (AvgIpc) is 3.43. The number of benzene rings is 1. The molecule has 11 nitrogen and oxygen atoms in total. The number of rotatable bonds is 9. The summed E-state index contributed by atoms with van der Waals surface area (Å²) < 4.78 is 70.7. The van der Waals surface area contributed by atoms with Crippen molar-refractivity contribution < 1.29 is 31.4 Å². The summed E-state index contributed by atoms with van der Waals surface area (Å²) in [4.78, 5) is 15.1. The summed E-state index contributed by atoms with van der Waals surface area (Å²) in [5, 5.41) is 0.420. The fourth-order valence-electron chi connectivity index (χ4n) is 3.34. The molecular weight excluding hydrogens is 474 g/mol. The van der Waals surface area contributed by atoms with E-state index in [2.05, 4.69) is 24.7 Å². The van der Waals surface area contributed by atoms with Crippen LogP contribution in [0, 0.1) is 0 Å². The molecule has 4 rings (SSSR count). The fourth-order valence-corrected chi connectivity index (χ4v) is 4.46. The van der Waals surface area contributed by atoms with Gasteiger partial charge in [0, 0.05) is 36.6 Å². The molecule has 0 saturated carbocycles. The molecule has 0 aliphatic rings. The third kappa shape index (κ3) is 4.31. The lowest BCUT2D eigenvalue weighted by Crippen LogP contribution is -2.16. The lowest BCUT2D eigenvalue weighted by molar-refractivity contribution is 0.0781. The van der Waals surface area contributed by atoms with Gasteiger partial charge in [-0.2, -0.15) is 9.97 Å². The Kier molecular flexibility index (Phi) is 6.24. The summed E-state index contributed by atoms with van der Waals surface area (Å²) in [6.07, 6.45) is 2.00. The number of ether oxygens (including phenoxy) is 3. The van der Waals surface area contributed by atoms with Crippen LogP contribution in [-0.4, -0.2) is 60.2 Å². The molecule has 180 valence electrons. The van der Waals surface area contributed by atoms with Gasteiger partial charge in [0.05, 0.1) is 19.7 Å². The van der Waals surface area contributed by atoms with Crippen molar-refractivity contribution in [1.29, 1.82) is 0 Å². The summed E-state index contributed by atoms with van der Waals surface area (Å²) in [7, 11) is 0.0760. The number of anilines is 1. The molecule has 34 heavy (non-hydrogen) atoms. The minimum atomic E-state index is -4.19. The topological polar surface area (TPSA) is 133 Å². The molecule has 2 N–H and O–H groups in total. The average molecular weight is 494 g/mol. The van der Waals surface area contributed by atoms with Gasteiger partial charge in [-0.1, -0.05) is 12.1 Å². The van der Waals surface area contributed by atoms with Gasteiger partial charge >= 0.3 is 0 Å². The Hall–Kier alpha value is -3.94. The molecule has 0 aliphatic heterocycles. The van der Waals surface area contributed by atoms with Gasteiger partial charge in [0.15, 0.2) is 0 Å². The van der Waals surface area contributed by atoms with Crippen LogP contribution in [0.1, 0.15) is 0 Å². The van der Waals surface area contributed by atoms with Gasteiger partial charge in [0.2, 0.25) is 11.7 Å². The van der Waals surface area contributed by atoms with Crippen molar-refractivity contribution in [2.45, 2.75) is 11.3 Å². The van der Waals surface area contributed by atoms with Crippen molar-refractivity contribution >= 4 is 26.9 Å². The summed E-state index contributed by atoms with van der Waals surface area (Å²) in [5.74, 6) is -0.573. The lowest BCUT2D eigenvalue weighted by Gasteiger charge is -2.14. The maximum absolute atomic E-state index is 13.2. The van der Waals surface area contributed by atoms with Gasteiger partial charge in [-0.3, -0.25) is 0 Å². The predicted octanol–water partition coefficient (Wildman–Crippen LogP) is 2.82. The van der Waals surface area contributed by atoms with Crippen molar-refractivity contribution in [1.82, 2.24) is 24.5 Å². The van der Waals surface area contributed by atoms with Crippen molar-refractivity contribution in [3.8, 4) is 28.9 Å². The first kappa shape index (κ1) is 23.2. The summed E-state index contributed by atoms with van der Waals surface area (Å²) in [6, 6.07) is 5.19. The molecule has 0 unspecified atom stereocenters. The monoisotopic (exact) mass is 494 g/mol. The van der Waals surface area contributed by atoms with E-state index in [4.69, 9.17) is 14.2 Å². The number of para-hydroxylation sites is 1. The van der Waals surface area contributed by atoms with Crippen LogP contribution in [0.25, 0.3) is 22.3 Å². The molecule has 0 fully saturated rings. The minimum absolute atomic E-state index is 0.0573. The van der Waals surface area contributed by atoms with E-state index in [-0.39, 0.29) is 22.4 Å². The lowest BCUT2D eigenvalue weighted by atomic mass is 10.1. The number of hydrogen-bond acceptors (Lipinski definition) is 8. The van der Waals surface area contributed by atoms with Crippen molar-refractivity contribution in [2.24, 2.45) is 7.05 Å². The van der Waals surface area contributed by atoms with Crippen LogP contribution in [0.5, 0.6) is 17.5 Å². The molecule has 0 radical (unpaired) electrons. The van der Waals surface area contributed by atoms with Crippen LogP contribution in [0.3, 0.4) is 0 Å². The molecular formula is C20H20F2N6O5S. The number of nitrogens with one attached hydrogen (secondary N) is 2. The second-order valence-corrected chi connectivity index (χ2v) is 8.60. The fraction of sp³-hybridized carbons (Fsp3) is 0.250. The summed E-state index contributed by atoms with van der Waals surface area (Å²) >= 11 is 0. The molecule has 0 atom stereocenters. The van der Waals surface area contributed by atoms with E-state index in [1.165, 1.54) is 20.4 Å². The van der Waals surface area contributed by atoms with Gasteiger partial charge in [-0.15, -0.1) is 0 Å². The molecule has 0 bridgehead atoms. The minimum Gasteiger partial charge on any atom is -0.478 e. The van der Waals surface area contributed by atoms with Crippen LogP contribution < -0.4 is 18.9 Å². The summed E-state index contributed by atoms with van der Waals surface area (Å²) in [6.45, 7) is -0.950. The Balaban J connectivity index is 1.72. The molecule has 0 aliphatic carbocycles. The van der Waals surface area contributed by atoms with Gasteiger partial charge in [-0.05, 0) is 6.07 Å². The number of sulfonamides is 1. The Labute approximate surface area is 192 Å². The molecule has 0 spiro atoms. The largest absolute Gasteiger partial charge is 0.478 e. The Morgan fingerprint density at radius 1 is 1.18 bits per heavy atom. The van der Waals surface area contributed by atoms with Crippen molar-refractivity contribution in [3.05, 3.63) is 36.8 Å². The van der Waals surface area contributed by atoms with Crippen LogP contribution in [-0.2, 0) is 17.1 Å². The third-order valence-electron chi connectivity index (χ3n) is 4.80. The number of aryl methyl sites for hydroxylation is 1. The van der Waals surface area contributed by atoms with Crippen LogP contribution in [0.2, 0.25) is 0 Å². The summed E-state index contributed by atoms with van der Waals surface area (Å²) in [5.41, 5.74) is 1.29. The van der Waals surface area contributed by atoms with Gasteiger partial charge < -0.3 is 23.8 Å². The number of H-pyrrole nitrogens is 1. The highest BCUT2D eigenvalue weighted by Gasteiger charge is 2.25. The van der Waals surface area contributed by atoms with E-state index in [0.717, 1.165) is 0 Å². The van der Waals surface area contributed by atoms with E-state index >= 15 is 0 Å². The molecule has 0 amide bonds. The molecule has 3 aromatic heterocycles. The Bertz CT molecular complexity index is 1410. The van der Waals surface area contributed by atoms with E-state index in [9.17, 15) is 17.2 Å². The quantitative estimate of drug-likeness (QED) is 0.363. The molecule has 14 heteroatoms. The first-order valence-electron chi connectivity index (χ1n) is 9.76. The van der Waals surface area contributed by atoms with Gasteiger partial charge in [0.25, 0.3) is 28.2 Å². The van der Waals surface area contributed by atoms with E-state index < -0.39 is 29.0 Å². The molecule has 1 aromatic carbocycles. The van der Waals surface area contributed by atoms with Crippen molar-refractivity contribution in [2.75, 3.05) is 25.5 Å². The number of aromatic nitrogens is 5. The zero-order chi connectivity index (χ0) is 24.5. The standard InChI is InChI=1S/C20H20F2N6O5S/c1-28-8-7-23-17(28)12-6-4-5-11-13(9-24-15(11)12)34(29,30)27-20-25-18(31-2)16(19(26-20)32-3)33-10-14(21)22/h4-9,14,24H,10H2,1-3H3,(H,25,26,27). The van der Waals surface area contributed by atoms with E-state index in [1.54, 1.807) is 24.5 Å². The number of methoxy groups -OCH3 is 2. The third-order valence-corrected chi connectivity index (χ3v) is 6.17. The smallest absolute Gasteiger partial charge is 0.272 e. The van der Waals surface area contributed by atoms with Crippen LogP contribution in [0.15, 0.2) is 41.7 Å². The number of aromatic amines is 1. The predicted molar refractivity (Wildman–Crippen MR) is 118 cm³/mol.